The van der Waals surface area contributed by atoms with Crippen molar-refractivity contribution in [2.45, 2.75) is 36.2 Å². The summed E-state index contributed by atoms with van der Waals surface area (Å²) in [4.78, 5) is 11.8. The first-order chi connectivity index (χ1) is 10.4. The van der Waals surface area contributed by atoms with Crippen LogP contribution in [0.4, 0.5) is 14.6 Å². The molecule has 11 heteroatoms. The fourth-order valence-corrected chi connectivity index (χ4v) is 2.78. The Balaban J connectivity index is 1.96. The summed E-state index contributed by atoms with van der Waals surface area (Å²) in [7, 11) is 0. The Hall–Kier alpha value is -1.56. The lowest BCUT2D eigenvalue weighted by atomic mass is 10.1. The fourth-order valence-electron chi connectivity index (χ4n) is 2.40. The number of aliphatic hydroxyl groups excluding tert-OH is 2. The van der Waals surface area contributed by atoms with E-state index in [2.05, 4.69) is 27.6 Å². The summed E-state index contributed by atoms with van der Waals surface area (Å²) < 4.78 is 32.0. The van der Waals surface area contributed by atoms with Crippen LogP contribution in [0.5, 0.6) is 0 Å². The second-order valence-electron chi connectivity index (χ2n) is 4.88. The molecule has 4 N–H and O–H groups in total. The molecule has 0 bridgehead atoms. The lowest BCUT2D eigenvalue weighted by Crippen LogP contribution is -2.41. The first kappa shape index (κ1) is 15.3. The maximum atomic E-state index is 12.6. The highest BCUT2D eigenvalue weighted by atomic mass is 32.1. The van der Waals surface area contributed by atoms with Crippen LogP contribution in [0.2, 0.25) is 0 Å². The lowest BCUT2D eigenvalue weighted by Gasteiger charge is -2.20. The second-order valence-corrected chi connectivity index (χ2v) is 5.48. The highest BCUT2D eigenvalue weighted by Gasteiger charge is 2.48. The van der Waals surface area contributed by atoms with Crippen LogP contribution in [0.15, 0.2) is 12.7 Å². The Kier molecular flexibility index (Phi) is 3.89. The molecule has 1 fully saturated rings. The quantitative estimate of drug-likeness (QED) is 0.564. The molecule has 2 aromatic heterocycles. The van der Waals surface area contributed by atoms with Crippen LogP contribution in [0.1, 0.15) is 6.23 Å². The molecule has 8 nitrogen and oxygen atoms in total. The number of alkyl halides is 2. The molecule has 0 saturated carbocycles. The molecule has 120 valence electrons. The largest absolute Gasteiger partial charge is 0.389 e. The summed E-state index contributed by atoms with van der Waals surface area (Å²) in [5.41, 5.74) is 6.30. The van der Waals surface area contributed by atoms with Crippen LogP contribution >= 0.6 is 12.6 Å². The van der Waals surface area contributed by atoms with Crippen LogP contribution in [0.3, 0.4) is 0 Å². The molecular formula is C11H13F2N5O3S. The molecular weight excluding hydrogens is 320 g/mol. The van der Waals surface area contributed by atoms with E-state index in [-0.39, 0.29) is 5.82 Å². The zero-order valence-electron chi connectivity index (χ0n) is 11.0. The number of hydrogen-bond acceptors (Lipinski definition) is 8. The van der Waals surface area contributed by atoms with Crippen LogP contribution < -0.4 is 5.73 Å². The van der Waals surface area contributed by atoms with Gasteiger partial charge in [0.05, 0.1) is 17.7 Å². The SMILES string of the molecule is Nc1ncnc2c1ncn2C1OC(C(O)C(F)F)C(O)C1S. The summed E-state index contributed by atoms with van der Waals surface area (Å²) in [6.07, 6.45) is -6.39. The molecule has 5 unspecified atom stereocenters. The Morgan fingerprint density at radius 1 is 1.36 bits per heavy atom. The molecule has 3 rings (SSSR count). The van der Waals surface area contributed by atoms with E-state index in [4.69, 9.17) is 10.5 Å². The van der Waals surface area contributed by atoms with Gasteiger partial charge < -0.3 is 20.7 Å². The number of rotatable bonds is 3. The van der Waals surface area contributed by atoms with E-state index in [1.807, 2.05) is 0 Å². The van der Waals surface area contributed by atoms with Crippen molar-refractivity contribution in [2.24, 2.45) is 0 Å². The second kappa shape index (κ2) is 5.57. The number of aromatic nitrogens is 4. The third-order valence-electron chi connectivity index (χ3n) is 3.53. The third kappa shape index (κ3) is 2.29. The van der Waals surface area contributed by atoms with Gasteiger partial charge in [0.25, 0.3) is 6.43 Å². The van der Waals surface area contributed by atoms with Crippen LogP contribution in [-0.2, 0) is 4.74 Å². The molecule has 1 aliphatic rings. The van der Waals surface area contributed by atoms with Gasteiger partial charge in [0.1, 0.15) is 24.1 Å². The molecule has 0 aromatic carbocycles. The van der Waals surface area contributed by atoms with Gasteiger partial charge in [0, 0.05) is 0 Å². The van der Waals surface area contributed by atoms with Crippen LogP contribution in [0.25, 0.3) is 11.2 Å². The van der Waals surface area contributed by atoms with Crippen molar-refractivity contribution in [3.05, 3.63) is 12.7 Å². The average molecular weight is 333 g/mol. The van der Waals surface area contributed by atoms with Crippen LogP contribution in [0, 0.1) is 0 Å². The van der Waals surface area contributed by atoms with E-state index in [9.17, 15) is 19.0 Å². The summed E-state index contributed by atoms with van der Waals surface area (Å²) in [6.45, 7) is 0. The van der Waals surface area contributed by atoms with Crippen molar-refractivity contribution in [1.29, 1.82) is 0 Å². The average Bonchev–Trinajstić information content (AvgIpc) is 3.02. The van der Waals surface area contributed by atoms with Gasteiger partial charge in [-0.1, -0.05) is 0 Å². The zero-order valence-corrected chi connectivity index (χ0v) is 11.9. The van der Waals surface area contributed by atoms with Crippen molar-refractivity contribution >= 4 is 29.6 Å². The van der Waals surface area contributed by atoms with E-state index < -0.39 is 36.2 Å². The summed E-state index contributed by atoms with van der Waals surface area (Å²) in [5, 5.41) is 18.6. The standard InChI is InChI=1S/C11H13F2N5O3S/c12-8(13)5(20)6-4(19)7(22)11(21-6)18-2-17-3-9(14)15-1-16-10(3)18/h1-2,4-8,11,19-20,22H,(H2,14,15,16). The predicted octanol–water partition coefficient (Wildman–Crippen LogP) is -0.409. The molecule has 0 aliphatic carbocycles. The lowest BCUT2D eigenvalue weighted by molar-refractivity contribution is -0.129. The van der Waals surface area contributed by atoms with E-state index in [1.165, 1.54) is 17.2 Å². The Bertz CT molecular complexity index is 687. The normalized spacial score (nSPS) is 30.3. The van der Waals surface area contributed by atoms with Gasteiger partial charge in [-0.15, -0.1) is 0 Å². The van der Waals surface area contributed by atoms with Crippen molar-refractivity contribution in [1.82, 2.24) is 19.5 Å². The predicted molar refractivity (Wildman–Crippen MR) is 74.4 cm³/mol. The molecule has 1 aliphatic heterocycles. The van der Waals surface area contributed by atoms with Gasteiger partial charge in [-0.3, -0.25) is 4.57 Å². The molecule has 1 saturated heterocycles. The molecule has 0 spiro atoms. The number of hydrogen-bond donors (Lipinski definition) is 4. The monoisotopic (exact) mass is 333 g/mol. The molecule has 3 heterocycles. The number of nitrogens with two attached hydrogens (primary N) is 1. The molecule has 0 radical (unpaired) electrons. The van der Waals surface area contributed by atoms with Gasteiger partial charge >= 0.3 is 0 Å². The number of fused-ring (bicyclic) bond motifs is 1. The van der Waals surface area contributed by atoms with E-state index in [0.29, 0.717) is 11.2 Å². The highest BCUT2D eigenvalue weighted by Crippen LogP contribution is 2.37. The van der Waals surface area contributed by atoms with E-state index in [1.54, 1.807) is 0 Å². The number of nitrogen functional groups attached to an aromatic ring is 1. The maximum Gasteiger partial charge on any atom is 0.266 e. The van der Waals surface area contributed by atoms with E-state index >= 15 is 0 Å². The Morgan fingerprint density at radius 2 is 2.09 bits per heavy atom. The third-order valence-corrected chi connectivity index (χ3v) is 4.09. The van der Waals surface area contributed by atoms with Gasteiger partial charge in [-0.2, -0.15) is 12.6 Å². The Morgan fingerprint density at radius 3 is 2.77 bits per heavy atom. The zero-order chi connectivity index (χ0) is 16.0. The van der Waals surface area contributed by atoms with E-state index in [0.717, 1.165) is 0 Å². The maximum absolute atomic E-state index is 12.6. The van der Waals surface area contributed by atoms with Crippen molar-refractivity contribution in [2.75, 3.05) is 5.73 Å². The smallest absolute Gasteiger partial charge is 0.266 e. The summed E-state index contributed by atoms with van der Waals surface area (Å²) in [6, 6.07) is 0. The number of anilines is 1. The van der Waals surface area contributed by atoms with Gasteiger partial charge in [0.2, 0.25) is 0 Å². The number of ether oxygens (including phenoxy) is 1. The van der Waals surface area contributed by atoms with Gasteiger partial charge in [0.15, 0.2) is 17.7 Å². The first-order valence-corrected chi connectivity index (χ1v) is 6.84. The highest BCUT2D eigenvalue weighted by molar-refractivity contribution is 7.81. The minimum atomic E-state index is -3.04. The number of aliphatic hydroxyl groups is 2. The van der Waals surface area contributed by atoms with Gasteiger partial charge in [-0.05, 0) is 0 Å². The number of thiol groups is 1. The number of halogens is 2. The van der Waals surface area contributed by atoms with Crippen molar-refractivity contribution in [3.63, 3.8) is 0 Å². The van der Waals surface area contributed by atoms with Gasteiger partial charge in [-0.25, -0.2) is 23.7 Å². The number of imidazole rings is 1. The van der Waals surface area contributed by atoms with Crippen LogP contribution in [-0.4, -0.2) is 59.7 Å². The molecule has 2 aromatic rings. The molecule has 22 heavy (non-hydrogen) atoms. The number of nitrogens with zero attached hydrogens (tertiary/aromatic N) is 4. The molecule has 5 atom stereocenters. The first-order valence-electron chi connectivity index (χ1n) is 6.32. The minimum absolute atomic E-state index is 0.155. The summed E-state index contributed by atoms with van der Waals surface area (Å²) in [5.74, 6) is 0.155. The van der Waals surface area contributed by atoms with Crippen molar-refractivity contribution in [3.8, 4) is 0 Å². The minimum Gasteiger partial charge on any atom is -0.389 e. The molecule has 0 amide bonds. The Labute approximate surface area is 128 Å². The fraction of sp³-hybridized carbons (Fsp3) is 0.545. The topological polar surface area (TPSA) is 119 Å². The summed E-state index contributed by atoms with van der Waals surface area (Å²) >= 11 is 4.19. The van der Waals surface area contributed by atoms with Crippen molar-refractivity contribution < 1.29 is 23.7 Å².